The van der Waals surface area contributed by atoms with Crippen LogP contribution in [0.3, 0.4) is 0 Å². The molecule has 1 saturated carbocycles. The van der Waals surface area contributed by atoms with E-state index in [4.69, 9.17) is 0 Å². The second-order valence-electron chi connectivity index (χ2n) is 8.05. The largest absolute Gasteiger partial charge is 0.0654 e. The van der Waals surface area contributed by atoms with Gasteiger partial charge in [-0.15, -0.1) is 0 Å². The number of hydrogen-bond acceptors (Lipinski definition) is 0. The van der Waals surface area contributed by atoms with Crippen molar-refractivity contribution in [2.45, 2.75) is 71.1 Å². The fourth-order valence-corrected chi connectivity index (χ4v) is 4.54. The Labute approximate surface area is 154 Å². The molecule has 25 heavy (non-hydrogen) atoms. The van der Waals surface area contributed by atoms with Crippen molar-refractivity contribution >= 4 is 0 Å². The quantitative estimate of drug-likeness (QED) is 0.452. The third kappa shape index (κ3) is 4.97. The van der Waals surface area contributed by atoms with Crippen LogP contribution in [0.5, 0.6) is 0 Å². The van der Waals surface area contributed by atoms with E-state index in [1.54, 1.807) is 0 Å². The first-order chi connectivity index (χ1) is 12.3. The average molecular weight is 335 g/mol. The number of hydrogen-bond donors (Lipinski definition) is 0. The van der Waals surface area contributed by atoms with Gasteiger partial charge in [0.1, 0.15) is 0 Å². The average Bonchev–Trinajstić information content (AvgIpc) is 2.69. The molecule has 0 saturated heterocycles. The minimum atomic E-state index is 0.696. The third-order valence-corrected chi connectivity index (χ3v) is 6.36. The van der Waals surface area contributed by atoms with Crippen LogP contribution in [0.2, 0.25) is 0 Å². The molecule has 0 N–H and O–H groups in total. The van der Waals surface area contributed by atoms with Crippen LogP contribution in [0, 0.1) is 11.8 Å². The molecule has 0 nitrogen and oxygen atoms in total. The molecule has 0 radical (unpaired) electrons. The molecule has 0 heterocycles. The van der Waals surface area contributed by atoms with E-state index in [-0.39, 0.29) is 0 Å². The van der Waals surface area contributed by atoms with Crippen molar-refractivity contribution in [3.8, 4) is 11.1 Å². The smallest absolute Gasteiger partial charge is 0.0162 e. The van der Waals surface area contributed by atoms with Gasteiger partial charge in [0.2, 0.25) is 0 Å². The van der Waals surface area contributed by atoms with Gasteiger partial charge in [-0.3, -0.25) is 0 Å². The molecule has 0 amide bonds. The molecule has 0 aliphatic heterocycles. The SMILES string of the molecule is CCCCCC1CCC(C(C)c2ccc(-c3ccccc3)cc2)CC1. The fourth-order valence-electron chi connectivity index (χ4n) is 4.54. The van der Waals surface area contributed by atoms with E-state index in [1.165, 1.54) is 68.1 Å². The fraction of sp³-hybridized carbons (Fsp3) is 0.520. The van der Waals surface area contributed by atoms with Gasteiger partial charge in [0.15, 0.2) is 0 Å². The van der Waals surface area contributed by atoms with Crippen molar-refractivity contribution in [3.63, 3.8) is 0 Å². The highest BCUT2D eigenvalue weighted by Gasteiger charge is 2.25. The molecule has 1 atom stereocenters. The van der Waals surface area contributed by atoms with Crippen molar-refractivity contribution in [2.75, 3.05) is 0 Å². The maximum atomic E-state index is 2.44. The van der Waals surface area contributed by atoms with Gasteiger partial charge in [-0.2, -0.15) is 0 Å². The van der Waals surface area contributed by atoms with Gasteiger partial charge in [-0.25, -0.2) is 0 Å². The van der Waals surface area contributed by atoms with E-state index in [2.05, 4.69) is 68.4 Å². The van der Waals surface area contributed by atoms with E-state index in [0.717, 1.165) is 11.8 Å². The molecule has 134 valence electrons. The second-order valence-corrected chi connectivity index (χ2v) is 8.05. The predicted molar refractivity (Wildman–Crippen MR) is 110 cm³/mol. The van der Waals surface area contributed by atoms with Crippen molar-refractivity contribution in [1.29, 1.82) is 0 Å². The minimum Gasteiger partial charge on any atom is -0.0654 e. The van der Waals surface area contributed by atoms with Crippen LogP contribution in [0.1, 0.15) is 76.7 Å². The Morgan fingerprint density at radius 3 is 2.08 bits per heavy atom. The third-order valence-electron chi connectivity index (χ3n) is 6.36. The Balaban J connectivity index is 1.54. The molecular formula is C25H34. The van der Waals surface area contributed by atoms with E-state index in [1.807, 2.05) is 0 Å². The molecule has 2 aromatic carbocycles. The highest BCUT2D eigenvalue weighted by atomic mass is 14.3. The van der Waals surface area contributed by atoms with Crippen molar-refractivity contribution in [2.24, 2.45) is 11.8 Å². The second kappa shape index (κ2) is 9.22. The van der Waals surface area contributed by atoms with Crippen molar-refractivity contribution in [1.82, 2.24) is 0 Å². The van der Waals surface area contributed by atoms with Gasteiger partial charge in [-0.05, 0) is 47.3 Å². The summed E-state index contributed by atoms with van der Waals surface area (Å²) < 4.78 is 0. The Bertz CT molecular complexity index is 602. The van der Waals surface area contributed by atoms with Gasteiger partial charge < -0.3 is 0 Å². The summed E-state index contributed by atoms with van der Waals surface area (Å²) >= 11 is 0. The number of benzene rings is 2. The van der Waals surface area contributed by atoms with Gasteiger partial charge in [0.05, 0.1) is 0 Å². The Hall–Kier alpha value is -1.56. The Kier molecular flexibility index (Phi) is 6.73. The standard InChI is InChI=1S/C25H34/c1-3-4-6-9-21-12-14-22(15-13-21)20(2)23-16-18-25(19-17-23)24-10-7-5-8-11-24/h5,7-8,10-11,16-22H,3-4,6,9,12-15H2,1-2H3. The lowest BCUT2D eigenvalue weighted by Crippen LogP contribution is -2.19. The Morgan fingerprint density at radius 2 is 1.44 bits per heavy atom. The lowest BCUT2D eigenvalue weighted by molar-refractivity contribution is 0.236. The van der Waals surface area contributed by atoms with E-state index in [0.29, 0.717) is 5.92 Å². The zero-order valence-electron chi connectivity index (χ0n) is 16.1. The summed E-state index contributed by atoms with van der Waals surface area (Å²) in [7, 11) is 0. The summed E-state index contributed by atoms with van der Waals surface area (Å²) in [6.07, 6.45) is 11.5. The molecule has 0 spiro atoms. The van der Waals surface area contributed by atoms with Crippen LogP contribution in [-0.2, 0) is 0 Å². The van der Waals surface area contributed by atoms with Crippen LogP contribution in [0.4, 0.5) is 0 Å². The summed E-state index contributed by atoms with van der Waals surface area (Å²) in [5, 5.41) is 0. The maximum Gasteiger partial charge on any atom is -0.0162 e. The van der Waals surface area contributed by atoms with Crippen molar-refractivity contribution < 1.29 is 0 Å². The summed E-state index contributed by atoms with van der Waals surface area (Å²) in [4.78, 5) is 0. The van der Waals surface area contributed by atoms with Crippen LogP contribution < -0.4 is 0 Å². The normalized spacial score (nSPS) is 21.8. The molecule has 0 bridgehead atoms. The molecule has 1 unspecified atom stereocenters. The molecule has 1 aliphatic rings. The van der Waals surface area contributed by atoms with Gasteiger partial charge in [-0.1, -0.05) is 107 Å². The summed E-state index contributed by atoms with van der Waals surface area (Å²) in [5.74, 6) is 2.59. The first kappa shape index (κ1) is 18.2. The van der Waals surface area contributed by atoms with Crippen molar-refractivity contribution in [3.05, 3.63) is 60.2 Å². The highest BCUT2D eigenvalue weighted by molar-refractivity contribution is 5.63. The van der Waals surface area contributed by atoms with Crippen LogP contribution in [-0.4, -0.2) is 0 Å². The summed E-state index contributed by atoms with van der Waals surface area (Å²) in [6, 6.07) is 20.0. The van der Waals surface area contributed by atoms with Crippen LogP contribution in [0.15, 0.2) is 54.6 Å². The molecule has 0 aromatic heterocycles. The van der Waals surface area contributed by atoms with E-state index in [9.17, 15) is 0 Å². The van der Waals surface area contributed by atoms with Gasteiger partial charge in [0, 0.05) is 0 Å². The number of unbranched alkanes of at least 4 members (excludes halogenated alkanes) is 2. The zero-order chi connectivity index (χ0) is 17.5. The highest BCUT2D eigenvalue weighted by Crippen LogP contribution is 2.39. The molecule has 1 fully saturated rings. The summed E-state index contributed by atoms with van der Waals surface area (Å²) in [6.45, 7) is 4.75. The monoisotopic (exact) mass is 334 g/mol. The van der Waals surface area contributed by atoms with Gasteiger partial charge >= 0.3 is 0 Å². The molecule has 3 rings (SSSR count). The molecule has 0 heteroatoms. The molecular weight excluding hydrogens is 300 g/mol. The lowest BCUT2D eigenvalue weighted by Gasteiger charge is -2.32. The van der Waals surface area contributed by atoms with E-state index >= 15 is 0 Å². The minimum absolute atomic E-state index is 0.696. The maximum absolute atomic E-state index is 2.44. The summed E-state index contributed by atoms with van der Waals surface area (Å²) in [5.41, 5.74) is 4.17. The number of rotatable bonds is 7. The predicted octanol–water partition coefficient (Wildman–Crippen LogP) is 7.84. The van der Waals surface area contributed by atoms with Gasteiger partial charge in [0.25, 0.3) is 0 Å². The molecule has 2 aromatic rings. The molecule has 1 aliphatic carbocycles. The van der Waals surface area contributed by atoms with E-state index < -0.39 is 0 Å². The lowest BCUT2D eigenvalue weighted by atomic mass is 9.73. The van der Waals surface area contributed by atoms with Crippen LogP contribution in [0.25, 0.3) is 11.1 Å². The van der Waals surface area contributed by atoms with Crippen LogP contribution >= 0.6 is 0 Å². The first-order valence-corrected chi connectivity index (χ1v) is 10.4. The topological polar surface area (TPSA) is 0 Å². The first-order valence-electron chi connectivity index (χ1n) is 10.4. The Morgan fingerprint density at radius 1 is 0.800 bits per heavy atom. The zero-order valence-corrected chi connectivity index (χ0v) is 16.1.